The van der Waals surface area contributed by atoms with E-state index in [-0.39, 0.29) is 24.5 Å². The van der Waals surface area contributed by atoms with Crippen molar-refractivity contribution < 1.29 is 14.6 Å². The van der Waals surface area contributed by atoms with Gasteiger partial charge in [-0.2, -0.15) is 10.2 Å². The highest BCUT2D eigenvalue weighted by Gasteiger charge is 2.33. The molecule has 0 aromatic carbocycles. The molecule has 0 aromatic rings. The second-order valence-corrected chi connectivity index (χ2v) is 3.27. The summed E-state index contributed by atoms with van der Waals surface area (Å²) in [6, 6.07) is -0.166. The Kier molecular flexibility index (Phi) is 1.41. The lowest BCUT2D eigenvalue weighted by Crippen LogP contribution is -2.22. The molecule has 0 bridgehead atoms. The third kappa shape index (κ3) is 0.951. The van der Waals surface area contributed by atoms with Crippen LogP contribution in [0.5, 0.6) is 0 Å². The molecule has 1 aliphatic carbocycles. The zero-order valence-electron chi connectivity index (χ0n) is 7.25. The Balaban J connectivity index is 2.02. The van der Waals surface area contributed by atoms with Crippen molar-refractivity contribution in [3.8, 4) is 0 Å². The van der Waals surface area contributed by atoms with Crippen LogP contribution in [0, 0.1) is 5.92 Å². The van der Waals surface area contributed by atoms with Gasteiger partial charge >= 0.3 is 0 Å². The van der Waals surface area contributed by atoms with Crippen molar-refractivity contribution in [1.29, 1.82) is 0 Å². The zero-order valence-corrected chi connectivity index (χ0v) is 7.25. The largest absolute Gasteiger partial charge is 0.510 e. The Labute approximate surface area is 80.0 Å². The van der Waals surface area contributed by atoms with Gasteiger partial charge in [0.15, 0.2) is 11.5 Å². The van der Waals surface area contributed by atoms with Gasteiger partial charge in [-0.1, -0.05) is 0 Å². The molecule has 1 N–H and O–H groups in total. The van der Waals surface area contributed by atoms with E-state index >= 15 is 0 Å². The van der Waals surface area contributed by atoms with Crippen molar-refractivity contribution >= 4 is 0 Å². The van der Waals surface area contributed by atoms with Crippen molar-refractivity contribution in [3.63, 3.8) is 0 Å². The van der Waals surface area contributed by atoms with Gasteiger partial charge < -0.3 is 14.6 Å². The summed E-state index contributed by atoms with van der Waals surface area (Å²) >= 11 is 0. The number of aliphatic hydroxyl groups excluding tert-OH is 1. The van der Waals surface area contributed by atoms with Crippen LogP contribution in [0.2, 0.25) is 0 Å². The summed E-state index contributed by atoms with van der Waals surface area (Å²) in [5.41, 5.74) is 0. The molecule has 72 valence electrons. The van der Waals surface area contributed by atoms with Crippen LogP contribution in [-0.2, 0) is 9.47 Å². The molecular weight excluding hydrogens is 184 g/mol. The number of aliphatic hydroxyl groups is 1. The molecule has 0 aromatic heterocycles. The van der Waals surface area contributed by atoms with E-state index < -0.39 is 0 Å². The van der Waals surface area contributed by atoms with Gasteiger partial charge in [-0.25, -0.2) is 0 Å². The minimum atomic E-state index is -0.166. The first-order chi connectivity index (χ1) is 6.84. The molecule has 2 aliphatic heterocycles. The number of azo groups is 1. The Bertz CT molecular complexity index is 395. The number of fused-ring (bicyclic) bond motifs is 2. The first kappa shape index (κ1) is 7.61. The van der Waals surface area contributed by atoms with Crippen LogP contribution in [0.1, 0.15) is 0 Å². The minimum absolute atomic E-state index is 0.159. The third-order valence-electron chi connectivity index (χ3n) is 2.42. The van der Waals surface area contributed by atoms with Crippen LogP contribution < -0.4 is 0 Å². The Morgan fingerprint density at radius 1 is 1.29 bits per heavy atom. The monoisotopic (exact) mass is 192 g/mol. The van der Waals surface area contributed by atoms with E-state index in [1.165, 1.54) is 6.20 Å². The number of rotatable bonds is 0. The highest BCUT2D eigenvalue weighted by molar-refractivity contribution is 5.34. The quantitative estimate of drug-likeness (QED) is 0.634. The third-order valence-corrected chi connectivity index (χ3v) is 2.42. The summed E-state index contributed by atoms with van der Waals surface area (Å²) in [5.74, 6) is 1.43. The van der Waals surface area contributed by atoms with E-state index in [1.54, 1.807) is 0 Å². The molecule has 2 unspecified atom stereocenters. The number of ether oxygens (including phenoxy) is 2. The van der Waals surface area contributed by atoms with Crippen LogP contribution in [0.15, 0.2) is 45.9 Å². The zero-order chi connectivity index (χ0) is 9.54. The van der Waals surface area contributed by atoms with Gasteiger partial charge in [0.05, 0.1) is 12.1 Å². The average Bonchev–Trinajstić information content (AvgIpc) is 2.62. The van der Waals surface area contributed by atoms with Crippen molar-refractivity contribution in [2.75, 3.05) is 6.79 Å². The summed E-state index contributed by atoms with van der Waals surface area (Å²) in [7, 11) is 0. The smallest absolute Gasteiger partial charge is 0.231 e. The lowest BCUT2D eigenvalue weighted by molar-refractivity contribution is 0.0976. The summed E-state index contributed by atoms with van der Waals surface area (Å²) in [6.07, 6.45) is 4.99. The molecule has 0 saturated carbocycles. The van der Waals surface area contributed by atoms with Gasteiger partial charge in [-0.15, -0.1) is 0 Å². The first-order valence-corrected chi connectivity index (χ1v) is 4.33. The van der Waals surface area contributed by atoms with E-state index in [4.69, 9.17) is 9.47 Å². The predicted molar refractivity (Wildman–Crippen MR) is 46.0 cm³/mol. The molecule has 5 heteroatoms. The molecule has 3 aliphatic rings. The van der Waals surface area contributed by atoms with E-state index in [9.17, 15) is 5.11 Å². The highest BCUT2D eigenvalue weighted by atomic mass is 16.7. The summed E-state index contributed by atoms with van der Waals surface area (Å²) in [6.45, 7) is 0.235. The van der Waals surface area contributed by atoms with Crippen LogP contribution >= 0.6 is 0 Å². The van der Waals surface area contributed by atoms with Crippen molar-refractivity contribution in [3.05, 3.63) is 35.6 Å². The Morgan fingerprint density at radius 2 is 2.07 bits per heavy atom. The maximum atomic E-state index is 9.56. The molecule has 1 saturated heterocycles. The van der Waals surface area contributed by atoms with Crippen molar-refractivity contribution in [2.45, 2.75) is 6.04 Å². The molecule has 5 nitrogen and oxygen atoms in total. The van der Waals surface area contributed by atoms with Crippen LogP contribution in [0.25, 0.3) is 0 Å². The van der Waals surface area contributed by atoms with Gasteiger partial charge in [0.2, 0.25) is 6.79 Å². The number of hydrogen-bond donors (Lipinski definition) is 1. The summed E-state index contributed by atoms with van der Waals surface area (Å²) in [5, 5.41) is 17.3. The highest BCUT2D eigenvalue weighted by Crippen LogP contribution is 2.35. The maximum Gasteiger partial charge on any atom is 0.231 e. The molecule has 2 atom stereocenters. The van der Waals surface area contributed by atoms with Crippen molar-refractivity contribution in [1.82, 2.24) is 0 Å². The second-order valence-electron chi connectivity index (χ2n) is 3.27. The van der Waals surface area contributed by atoms with Gasteiger partial charge in [0.1, 0.15) is 11.8 Å². The number of hydrogen-bond acceptors (Lipinski definition) is 5. The average molecular weight is 192 g/mol. The lowest BCUT2D eigenvalue weighted by Gasteiger charge is -2.22. The maximum absolute atomic E-state index is 9.56. The topological polar surface area (TPSA) is 63.4 Å². The molecule has 2 heterocycles. The molecular formula is C9H8N2O3. The molecule has 0 amide bonds. The summed E-state index contributed by atoms with van der Waals surface area (Å²) in [4.78, 5) is 0. The van der Waals surface area contributed by atoms with Crippen LogP contribution in [-0.4, -0.2) is 17.9 Å². The first-order valence-electron chi connectivity index (χ1n) is 4.33. The van der Waals surface area contributed by atoms with Gasteiger partial charge in [0.25, 0.3) is 0 Å². The summed E-state index contributed by atoms with van der Waals surface area (Å²) < 4.78 is 10.4. The molecule has 0 radical (unpaired) electrons. The fraction of sp³-hybridized carbons (Fsp3) is 0.333. The normalized spacial score (nSPS) is 33.0. The van der Waals surface area contributed by atoms with Crippen LogP contribution in [0.4, 0.5) is 0 Å². The van der Waals surface area contributed by atoms with E-state index in [0.717, 1.165) is 0 Å². The molecule has 0 spiro atoms. The minimum Gasteiger partial charge on any atom is -0.510 e. The number of nitrogens with zero attached hydrogens (tertiary/aromatic N) is 2. The van der Waals surface area contributed by atoms with Crippen LogP contribution in [0.3, 0.4) is 0 Å². The van der Waals surface area contributed by atoms with E-state index in [1.807, 2.05) is 12.2 Å². The van der Waals surface area contributed by atoms with Gasteiger partial charge in [-0.05, 0) is 12.2 Å². The Morgan fingerprint density at radius 3 is 2.93 bits per heavy atom. The SMILES string of the molecule is OC1=CN=NC2C=C3OCOC3=CC12. The molecule has 3 rings (SSSR count). The fourth-order valence-electron chi connectivity index (χ4n) is 1.70. The second kappa shape index (κ2) is 2.60. The van der Waals surface area contributed by atoms with E-state index in [2.05, 4.69) is 10.2 Å². The van der Waals surface area contributed by atoms with E-state index in [0.29, 0.717) is 11.5 Å². The standard InChI is InChI=1S/C9H8N2O3/c12-7-3-10-11-6-2-9-8(1-5(6)7)13-4-14-9/h1-3,5-6,12H,4H2. The Hall–Kier alpha value is -1.78. The van der Waals surface area contributed by atoms with Gasteiger partial charge in [-0.3, -0.25) is 0 Å². The predicted octanol–water partition coefficient (Wildman–Crippen LogP) is 1.62. The molecule has 14 heavy (non-hydrogen) atoms. The molecule has 1 fully saturated rings. The van der Waals surface area contributed by atoms with Crippen molar-refractivity contribution in [2.24, 2.45) is 16.1 Å². The fourth-order valence-corrected chi connectivity index (χ4v) is 1.70. The van der Waals surface area contributed by atoms with Gasteiger partial charge in [0, 0.05) is 0 Å². The lowest BCUT2D eigenvalue weighted by atomic mass is 9.92.